The number of carbonyl (C=O) groups is 1. The Labute approximate surface area is 128 Å². The maximum Gasteiger partial charge on any atom is 0.246 e. The molecule has 1 aromatic heterocycles. The quantitative estimate of drug-likeness (QED) is 0.874. The first-order valence-electron chi connectivity index (χ1n) is 5.72. The zero-order valence-corrected chi connectivity index (χ0v) is 13.7. The Bertz CT molecular complexity index is 622. The van der Waals surface area contributed by atoms with E-state index in [-0.39, 0.29) is 12.5 Å². The molecule has 2 aromatic rings. The molecule has 0 saturated carbocycles. The van der Waals surface area contributed by atoms with Gasteiger partial charge in [-0.3, -0.25) is 9.48 Å². The van der Waals surface area contributed by atoms with Crippen LogP contribution in [0.4, 0.5) is 5.69 Å². The molecule has 0 aliphatic carbocycles. The van der Waals surface area contributed by atoms with Gasteiger partial charge in [-0.15, -0.1) is 0 Å². The predicted octanol–water partition coefficient (Wildman–Crippen LogP) is 3.66. The van der Waals surface area contributed by atoms with E-state index in [2.05, 4.69) is 42.3 Å². The van der Waals surface area contributed by atoms with Crippen LogP contribution < -0.4 is 5.32 Å². The second-order valence-electron chi connectivity index (χ2n) is 4.20. The minimum atomic E-state index is -0.101. The lowest BCUT2D eigenvalue weighted by Gasteiger charge is -2.07. The smallest absolute Gasteiger partial charge is 0.246 e. The molecule has 0 aliphatic heterocycles. The number of aryl methyl sites for hydroxylation is 1. The van der Waals surface area contributed by atoms with Crippen molar-refractivity contribution in [2.75, 3.05) is 5.32 Å². The molecule has 100 valence electrons. The molecule has 1 heterocycles. The Kier molecular flexibility index (Phi) is 4.42. The summed E-state index contributed by atoms with van der Waals surface area (Å²) in [5.41, 5.74) is 2.59. The normalized spacial score (nSPS) is 10.5. The number of halogens is 2. The van der Waals surface area contributed by atoms with Crippen LogP contribution in [-0.2, 0) is 11.3 Å². The zero-order valence-electron chi connectivity index (χ0n) is 10.6. The Balaban J connectivity index is 2.07. The van der Waals surface area contributed by atoms with Crippen LogP contribution in [0.3, 0.4) is 0 Å². The summed E-state index contributed by atoms with van der Waals surface area (Å²) in [6.45, 7) is 4.03. The third kappa shape index (κ3) is 3.45. The van der Waals surface area contributed by atoms with Gasteiger partial charge in [0.1, 0.15) is 6.54 Å². The summed E-state index contributed by atoms with van der Waals surface area (Å²) in [4.78, 5) is 12.0. The molecule has 1 amide bonds. The number of aromatic nitrogens is 2. The van der Waals surface area contributed by atoms with Crippen LogP contribution in [0.5, 0.6) is 0 Å². The molecule has 2 rings (SSSR count). The van der Waals surface area contributed by atoms with Crippen molar-refractivity contribution in [2.24, 2.45) is 0 Å². The average molecular weight is 387 g/mol. The summed E-state index contributed by atoms with van der Waals surface area (Å²) in [5.74, 6) is -0.101. The second-order valence-corrected chi connectivity index (χ2v) is 5.91. The number of carbonyl (C=O) groups excluding carboxylic acids is 1. The van der Waals surface area contributed by atoms with Crippen LogP contribution in [0, 0.1) is 13.8 Å². The summed E-state index contributed by atoms with van der Waals surface area (Å²) in [7, 11) is 0. The molecule has 0 unspecified atom stereocenters. The Morgan fingerprint density at radius 2 is 2.11 bits per heavy atom. The van der Waals surface area contributed by atoms with Gasteiger partial charge < -0.3 is 5.32 Å². The number of rotatable bonds is 3. The Morgan fingerprint density at radius 3 is 2.68 bits per heavy atom. The topological polar surface area (TPSA) is 46.9 Å². The summed E-state index contributed by atoms with van der Waals surface area (Å²) in [6, 6.07) is 7.49. The van der Waals surface area contributed by atoms with Crippen LogP contribution in [0.2, 0.25) is 0 Å². The van der Waals surface area contributed by atoms with Gasteiger partial charge in [0.05, 0.1) is 15.9 Å². The van der Waals surface area contributed by atoms with E-state index in [0.717, 1.165) is 26.0 Å². The monoisotopic (exact) mass is 385 g/mol. The molecule has 6 heteroatoms. The summed E-state index contributed by atoms with van der Waals surface area (Å²) < 4.78 is 3.56. The lowest BCUT2D eigenvalue weighted by molar-refractivity contribution is -0.116. The van der Waals surface area contributed by atoms with Crippen LogP contribution in [-0.4, -0.2) is 15.7 Å². The van der Waals surface area contributed by atoms with Crippen molar-refractivity contribution in [3.8, 4) is 0 Å². The first kappa shape index (κ1) is 14.3. The Hall–Kier alpha value is -1.14. The first-order valence-corrected chi connectivity index (χ1v) is 7.31. The molecule has 1 aromatic carbocycles. The number of hydrogen-bond acceptors (Lipinski definition) is 2. The minimum absolute atomic E-state index is 0.101. The van der Waals surface area contributed by atoms with Gasteiger partial charge in [0.15, 0.2) is 0 Å². The lowest BCUT2D eigenvalue weighted by atomic mass is 10.3. The van der Waals surface area contributed by atoms with Gasteiger partial charge in [-0.25, -0.2) is 0 Å². The third-order valence-electron chi connectivity index (χ3n) is 2.69. The van der Waals surface area contributed by atoms with Crippen molar-refractivity contribution in [3.05, 3.63) is 44.6 Å². The lowest BCUT2D eigenvalue weighted by Crippen LogP contribution is -2.20. The van der Waals surface area contributed by atoms with E-state index in [0.29, 0.717) is 0 Å². The van der Waals surface area contributed by atoms with E-state index in [1.54, 1.807) is 4.68 Å². The third-order valence-corrected chi connectivity index (χ3v) is 4.34. The molecule has 0 bridgehead atoms. The van der Waals surface area contributed by atoms with Crippen molar-refractivity contribution in [2.45, 2.75) is 20.4 Å². The highest BCUT2D eigenvalue weighted by atomic mass is 79.9. The van der Waals surface area contributed by atoms with Crippen LogP contribution in [0.15, 0.2) is 33.2 Å². The largest absolute Gasteiger partial charge is 0.324 e. The highest BCUT2D eigenvalue weighted by Crippen LogP contribution is 2.20. The van der Waals surface area contributed by atoms with E-state index in [4.69, 9.17) is 0 Å². The SMILES string of the molecule is Cc1nn(CC(=O)Nc2cccc(Br)c2)c(C)c1Br. The van der Waals surface area contributed by atoms with Crippen LogP contribution in [0.1, 0.15) is 11.4 Å². The van der Waals surface area contributed by atoms with Gasteiger partial charge in [-0.05, 0) is 48.0 Å². The fourth-order valence-electron chi connectivity index (χ4n) is 1.73. The molecule has 0 atom stereocenters. The zero-order chi connectivity index (χ0) is 14.0. The molecule has 0 saturated heterocycles. The van der Waals surface area contributed by atoms with Crippen LogP contribution >= 0.6 is 31.9 Å². The highest BCUT2D eigenvalue weighted by Gasteiger charge is 2.11. The predicted molar refractivity (Wildman–Crippen MR) is 82.2 cm³/mol. The van der Waals surface area contributed by atoms with Gasteiger partial charge in [-0.1, -0.05) is 22.0 Å². The molecular weight excluding hydrogens is 374 g/mol. The number of benzene rings is 1. The molecule has 4 nitrogen and oxygen atoms in total. The average Bonchev–Trinajstić information content (AvgIpc) is 2.57. The number of hydrogen-bond donors (Lipinski definition) is 1. The first-order chi connectivity index (χ1) is 8.97. The molecule has 0 radical (unpaired) electrons. The van der Waals surface area contributed by atoms with E-state index < -0.39 is 0 Å². The molecule has 0 aliphatic rings. The van der Waals surface area contributed by atoms with Gasteiger partial charge >= 0.3 is 0 Å². The van der Waals surface area contributed by atoms with E-state index in [9.17, 15) is 4.79 Å². The van der Waals surface area contributed by atoms with E-state index in [1.807, 2.05) is 38.1 Å². The summed E-state index contributed by atoms with van der Waals surface area (Å²) >= 11 is 6.81. The van der Waals surface area contributed by atoms with Crippen molar-refractivity contribution < 1.29 is 4.79 Å². The minimum Gasteiger partial charge on any atom is -0.324 e. The van der Waals surface area contributed by atoms with E-state index >= 15 is 0 Å². The van der Waals surface area contributed by atoms with Gasteiger partial charge in [0.25, 0.3) is 0 Å². The number of anilines is 1. The number of amides is 1. The second kappa shape index (κ2) is 5.88. The summed E-state index contributed by atoms with van der Waals surface area (Å²) in [6.07, 6.45) is 0. The molecule has 0 spiro atoms. The van der Waals surface area contributed by atoms with Crippen LogP contribution in [0.25, 0.3) is 0 Å². The van der Waals surface area contributed by atoms with Crippen molar-refractivity contribution in [1.82, 2.24) is 9.78 Å². The molecular formula is C13H13Br2N3O. The number of nitrogens with zero attached hydrogens (tertiary/aromatic N) is 2. The fraction of sp³-hybridized carbons (Fsp3) is 0.231. The Morgan fingerprint density at radius 1 is 1.37 bits per heavy atom. The van der Waals surface area contributed by atoms with Crippen molar-refractivity contribution in [1.29, 1.82) is 0 Å². The van der Waals surface area contributed by atoms with Crippen molar-refractivity contribution in [3.63, 3.8) is 0 Å². The standard InChI is InChI=1S/C13H13Br2N3O/c1-8-13(15)9(2)18(17-8)7-12(19)16-11-5-3-4-10(14)6-11/h3-6H,7H2,1-2H3,(H,16,19). The van der Waals surface area contributed by atoms with E-state index in [1.165, 1.54) is 0 Å². The molecule has 19 heavy (non-hydrogen) atoms. The molecule has 1 N–H and O–H groups in total. The highest BCUT2D eigenvalue weighted by molar-refractivity contribution is 9.10. The van der Waals surface area contributed by atoms with Crippen molar-refractivity contribution >= 4 is 43.5 Å². The van der Waals surface area contributed by atoms with Gasteiger partial charge in [-0.2, -0.15) is 5.10 Å². The number of nitrogens with one attached hydrogen (secondary N) is 1. The maximum atomic E-state index is 12.0. The van der Waals surface area contributed by atoms with Gasteiger partial charge in [0.2, 0.25) is 5.91 Å². The fourth-order valence-corrected chi connectivity index (χ4v) is 2.42. The molecule has 0 fully saturated rings. The van der Waals surface area contributed by atoms with Gasteiger partial charge in [0, 0.05) is 10.2 Å². The maximum absolute atomic E-state index is 12.0. The summed E-state index contributed by atoms with van der Waals surface area (Å²) in [5, 5.41) is 7.15.